The van der Waals surface area contributed by atoms with E-state index in [-0.39, 0.29) is 6.54 Å². The maximum atomic E-state index is 11.3. The van der Waals surface area contributed by atoms with Gasteiger partial charge in [0.2, 0.25) is 0 Å². The lowest BCUT2D eigenvalue weighted by Crippen LogP contribution is -2.42. The largest absolute Gasteiger partial charge is 0.348 e. The summed E-state index contributed by atoms with van der Waals surface area (Å²) in [6, 6.07) is 1.74. The molecule has 5 nitrogen and oxygen atoms in total. The van der Waals surface area contributed by atoms with Crippen LogP contribution in [0.3, 0.4) is 0 Å². The molecule has 2 N–H and O–H groups in total. The van der Waals surface area contributed by atoms with Crippen molar-refractivity contribution in [1.29, 1.82) is 5.26 Å². The molecule has 0 aromatic heterocycles. The van der Waals surface area contributed by atoms with Crippen LogP contribution in [0.4, 0.5) is 0 Å². The van der Waals surface area contributed by atoms with Crippen LogP contribution in [-0.4, -0.2) is 36.4 Å². The Balaban J connectivity index is 2.18. The highest BCUT2D eigenvalue weighted by Crippen LogP contribution is 2.21. The van der Waals surface area contributed by atoms with Gasteiger partial charge in [-0.1, -0.05) is 0 Å². The molecule has 0 saturated carbocycles. The summed E-state index contributed by atoms with van der Waals surface area (Å²) < 4.78 is 0. The van der Waals surface area contributed by atoms with Gasteiger partial charge >= 0.3 is 11.8 Å². The second kappa shape index (κ2) is 7.12. The summed E-state index contributed by atoms with van der Waals surface area (Å²) in [5.74, 6) is 1.36. The third-order valence-electron chi connectivity index (χ3n) is 2.43. The normalized spacial score (nSPS) is 16.2. The van der Waals surface area contributed by atoms with E-state index in [1.54, 1.807) is 6.07 Å². The van der Waals surface area contributed by atoms with Crippen molar-refractivity contribution in [3.05, 3.63) is 0 Å². The van der Waals surface area contributed by atoms with Gasteiger partial charge < -0.3 is 10.6 Å². The molecule has 1 rings (SSSR count). The van der Waals surface area contributed by atoms with Crippen LogP contribution in [0.1, 0.15) is 12.8 Å². The zero-order valence-corrected chi connectivity index (χ0v) is 9.81. The van der Waals surface area contributed by atoms with Crippen molar-refractivity contribution in [3.8, 4) is 6.07 Å². The van der Waals surface area contributed by atoms with Gasteiger partial charge in [0.05, 0.1) is 6.07 Å². The van der Waals surface area contributed by atoms with Gasteiger partial charge in [-0.15, -0.1) is 0 Å². The number of nitrogens with zero attached hydrogens (tertiary/aromatic N) is 1. The smallest absolute Gasteiger partial charge is 0.310 e. The molecule has 6 heteroatoms. The van der Waals surface area contributed by atoms with Crippen molar-refractivity contribution >= 4 is 23.6 Å². The fourth-order valence-electron chi connectivity index (χ4n) is 1.47. The summed E-state index contributed by atoms with van der Waals surface area (Å²) in [6.45, 7) is 0.422. The molecule has 1 heterocycles. The third kappa shape index (κ3) is 4.53. The Morgan fingerprint density at radius 3 is 2.50 bits per heavy atom. The van der Waals surface area contributed by atoms with E-state index in [0.29, 0.717) is 12.5 Å². The van der Waals surface area contributed by atoms with Crippen LogP contribution in [0.25, 0.3) is 0 Å². The van der Waals surface area contributed by atoms with Crippen LogP contribution in [0.15, 0.2) is 0 Å². The molecule has 0 atom stereocenters. The Morgan fingerprint density at radius 1 is 1.25 bits per heavy atom. The molecule has 0 aromatic carbocycles. The average Bonchev–Trinajstić information content (AvgIpc) is 2.34. The predicted octanol–water partition coefficient (Wildman–Crippen LogP) is -0.114. The molecule has 1 saturated heterocycles. The highest BCUT2D eigenvalue weighted by molar-refractivity contribution is 7.99. The minimum Gasteiger partial charge on any atom is -0.348 e. The average molecular weight is 241 g/mol. The second-order valence-electron chi connectivity index (χ2n) is 3.61. The number of nitrogens with one attached hydrogen (secondary N) is 2. The summed E-state index contributed by atoms with van der Waals surface area (Å²) in [4.78, 5) is 22.4. The summed E-state index contributed by atoms with van der Waals surface area (Å²) in [5.41, 5.74) is 0. The summed E-state index contributed by atoms with van der Waals surface area (Å²) >= 11 is 1.92. The Bertz CT molecular complexity index is 295. The van der Waals surface area contributed by atoms with E-state index < -0.39 is 11.8 Å². The quantitative estimate of drug-likeness (QED) is 0.533. The Morgan fingerprint density at radius 2 is 1.88 bits per heavy atom. The first kappa shape index (κ1) is 12.8. The van der Waals surface area contributed by atoms with Crippen molar-refractivity contribution < 1.29 is 9.59 Å². The predicted molar refractivity (Wildman–Crippen MR) is 61.7 cm³/mol. The molecule has 0 aliphatic carbocycles. The minimum absolute atomic E-state index is 0.133. The van der Waals surface area contributed by atoms with Crippen molar-refractivity contribution in [2.24, 2.45) is 5.92 Å². The number of carbonyl (C=O) groups excluding carboxylic acids is 2. The fourth-order valence-corrected chi connectivity index (χ4v) is 2.67. The van der Waals surface area contributed by atoms with Gasteiger partial charge in [0, 0.05) is 6.54 Å². The Hall–Kier alpha value is -1.22. The van der Waals surface area contributed by atoms with E-state index in [1.165, 1.54) is 0 Å². The van der Waals surface area contributed by atoms with Gasteiger partial charge in [-0.3, -0.25) is 9.59 Å². The van der Waals surface area contributed by atoms with Crippen molar-refractivity contribution in [2.45, 2.75) is 12.8 Å². The van der Waals surface area contributed by atoms with Crippen LogP contribution >= 0.6 is 11.8 Å². The lowest BCUT2D eigenvalue weighted by atomic mass is 10.0. The highest BCUT2D eigenvalue weighted by Gasteiger charge is 2.17. The second-order valence-corrected chi connectivity index (χ2v) is 4.83. The Kier molecular flexibility index (Phi) is 5.72. The monoisotopic (exact) mass is 241 g/mol. The lowest BCUT2D eigenvalue weighted by molar-refractivity contribution is -0.139. The maximum Gasteiger partial charge on any atom is 0.310 e. The van der Waals surface area contributed by atoms with Gasteiger partial charge in [0.15, 0.2) is 0 Å². The number of thioether (sulfide) groups is 1. The minimum atomic E-state index is -0.730. The van der Waals surface area contributed by atoms with E-state index in [4.69, 9.17) is 5.26 Å². The van der Waals surface area contributed by atoms with Crippen LogP contribution in [0, 0.1) is 17.2 Å². The lowest BCUT2D eigenvalue weighted by Gasteiger charge is -2.21. The molecular weight excluding hydrogens is 226 g/mol. The molecule has 1 aliphatic rings. The molecule has 0 spiro atoms. The van der Waals surface area contributed by atoms with E-state index in [1.807, 2.05) is 11.8 Å². The van der Waals surface area contributed by atoms with Crippen LogP contribution < -0.4 is 10.6 Å². The first-order valence-corrected chi connectivity index (χ1v) is 6.40. The highest BCUT2D eigenvalue weighted by atomic mass is 32.2. The number of hydrogen-bond donors (Lipinski definition) is 2. The summed E-state index contributed by atoms with van der Waals surface area (Å²) in [5, 5.41) is 13.0. The Labute approximate surface area is 99.0 Å². The summed E-state index contributed by atoms with van der Waals surface area (Å²) in [7, 11) is 0. The maximum absolute atomic E-state index is 11.3. The zero-order chi connectivity index (χ0) is 11.8. The first-order valence-electron chi connectivity index (χ1n) is 5.24. The molecule has 1 fully saturated rings. The van der Waals surface area contributed by atoms with Crippen LogP contribution in [0.5, 0.6) is 0 Å². The zero-order valence-electron chi connectivity index (χ0n) is 8.99. The third-order valence-corrected chi connectivity index (χ3v) is 3.48. The number of rotatable bonds is 3. The van der Waals surface area contributed by atoms with Gasteiger partial charge in [-0.05, 0) is 30.3 Å². The molecule has 1 aliphatic heterocycles. The SMILES string of the molecule is N#CCNC(=O)C(=O)NCC1CCSCC1. The molecule has 16 heavy (non-hydrogen) atoms. The molecule has 0 radical (unpaired) electrons. The van der Waals surface area contributed by atoms with Crippen molar-refractivity contribution in [2.75, 3.05) is 24.6 Å². The first-order chi connectivity index (χ1) is 7.74. The van der Waals surface area contributed by atoms with E-state index in [0.717, 1.165) is 24.3 Å². The van der Waals surface area contributed by atoms with Crippen molar-refractivity contribution in [1.82, 2.24) is 10.6 Å². The van der Waals surface area contributed by atoms with Crippen LogP contribution in [-0.2, 0) is 9.59 Å². The molecule has 0 bridgehead atoms. The summed E-state index contributed by atoms with van der Waals surface area (Å²) in [6.07, 6.45) is 2.18. The number of carbonyl (C=O) groups is 2. The topological polar surface area (TPSA) is 82.0 Å². The molecule has 0 unspecified atom stereocenters. The fraction of sp³-hybridized carbons (Fsp3) is 0.700. The van der Waals surface area contributed by atoms with Gasteiger partial charge in [-0.2, -0.15) is 17.0 Å². The van der Waals surface area contributed by atoms with Gasteiger partial charge in [0.25, 0.3) is 0 Å². The molecule has 2 amide bonds. The van der Waals surface area contributed by atoms with Crippen molar-refractivity contribution in [3.63, 3.8) is 0 Å². The van der Waals surface area contributed by atoms with E-state index in [2.05, 4.69) is 10.6 Å². The van der Waals surface area contributed by atoms with Crippen LogP contribution in [0.2, 0.25) is 0 Å². The standard InChI is InChI=1S/C10H15N3O2S/c11-3-4-12-9(14)10(15)13-7-8-1-5-16-6-2-8/h8H,1-2,4-7H2,(H,12,14)(H,13,15). The molecular formula is C10H15N3O2S. The number of nitriles is 1. The van der Waals surface area contributed by atoms with E-state index in [9.17, 15) is 9.59 Å². The van der Waals surface area contributed by atoms with Gasteiger partial charge in [-0.25, -0.2) is 0 Å². The van der Waals surface area contributed by atoms with E-state index >= 15 is 0 Å². The number of amides is 2. The van der Waals surface area contributed by atoms with Gasteiger partial charge in [0.1, 0.15) is 6.54 Å². The molecule has 0 aromatic rings. The number of hydrogen-bond acceptors (Lipinski definition) is 4. The molecule has 88 valence electrons.